The van der Waals surface area contributed by atoms with E-state index >= 15 is 0 Å². The molecule has 0 spiro atoms. The van der Waals surface area contributed by atoms with Crippen molar-refractivity contribution in [1.29, 1.82) is 0 Å². The molecular formula is C26H33N5O5Si. The highest BCUT2D eigenvalue weighted by atomic mass is 28.4. The molecule has 0 aliphatic heterocycles. The average molecular weight is 524 g/mol. The van der Waals surface area contributed by atoms with Crippen molar-refractivity contribution in [2.24, 2.45) is 11.0 Å². The molecule has 0 amide bonds. The molecule has 4 atom stereocenters. The van der Waals surface area contributed by atoms with Crippen LogP contribution in [0.25, 0.3) is 10.4 Å². The number of hydrogen-bond acceptors (Lipinski definition) is 8. The number of ketones is 2. The van der Waals surface area contributed by atoms with Gasteiger partial charge < -0.3 is 13.7 Å². The summed E-state index contributed by atoms with van der Waals surface area (Å²) in [6, 6.07) is 8.00. The monoisotopic (exact) mass is 523 g/mol. The van der Waals surface area contributed by atoms with Gasteiger partial charge in [0.2, 0.25) is 5.78 Å². The standard InChI is InChI=1S/C26H33N5O5Si/c1-25(2,3)37(6,7)36-26-18(32)14-13-17(28-30-27)20(26)21(31(4)5)22-19(23(26)33)24(29-35-22)34-15-16-11-9-8-10-12-16/h8-14,17,20-21H,15H2,1-7H3/t17-,20-,21-,26+/m0/s1. The molecule has 0 fully saturated rings. The molecule has 4 rings (SSSR count). The summed E-state index contributed by atoms with van der Waals surface area (Å²) < 4.78 is 18.5. The number of carbonyl (C=O) groups excluding carboxylic acids is 2. The Kier molecular flexibility index (Phi) is 6.93. The zero-order valence-electron chi connectivity index (χ0n) is 22.3. The molecule has 1 heterocycles. The molecule has 10 nitrogen and oxygen atoms in total. The van der Waals surface area contributed by atoms with Crippen molar-refractivity contribution in [3.05, 3.63) is 69.8 Å². The molecule has 11 heteroatoms. The molecule has 0 N–H and O–H groups in total. The predicted octanol–water partition coefficient (Wildman–Crippen LogP) is 5.25. The van der Waals surface area contributed by atoms with Gasteiger partial charge in [0.05, 0.1) is 12.1 Å². The Balaban J connectivity index is 1.92. The van der Waals surface area contributed by atoms with Gasteiger partial charge in [-0.1, -0.05) is 62.3 Å². The van der Waals surface area contributed by atoms with Crippen LogP contribution in [0, 0.1) is 5.92 Å². The van der Waals surface area contributed by atoms with E-state index in [1.54, 1.807) is 0 Å². The van der Waals surface area contributed by atoms with Crippen LogP contribution in [-0.4, -0.2) is 55.7 Å². The Labute approximate surface area is 217 Å². The molecule has 0 bridgehead atoms. The van der Waals surface area contributed by atoms with E-state index in [4.69, 9.17) is 13.7 Å². The number of benzene rings is 1. The molecule has 37 heavy (non-hydrogen) atoms. The third-order valence-electron chi connectivity index (χ3n) is 7.69. The number of ether oxygens (including phenoxy) is 1. The Morgan fingerprint density at radius 3 is 2.49 bits per heavy atom. The van der Waals surface area contributed by atoms with Crippen molar-refractivity contribution >= 4 is 19.9 Å². The van der Waals surface area contributed by atoms with Crippen molar-refractivity contribution in [3.63, 3.8) is 0 Å². The number of nitrogens with zero attached hydrogens (tertiary/aromatic N) is 5. The van der Waals surface area contributed by atoms with E-state index in [2.05, 4.69) is 15.2 Å². The van der Waals surface area contributed by atoms with Gasteiger partial charge in [-0.05, 0) is 54.6 Å². The van der Waals surface area contributed by atoms with Crippen LogP contribution in [0.3, 0.4) is 0 Å². The molecule has 2 aromatic rings. The summed E-state index contributed by atoms with van der Waals surface area (Å²) in [6.07, 6.45) is 2.84. The molecular weight excluding hydrogens is 490 g/mol. The highest BCUT2D eigenvalue weighted by Crippen LogP contribution is 2.54. The van der Waals surface area contributed by atoms with Crippen molar-refractivity contribution in [1.82, 2.24) is 10.1 Å². The van der Waals surface area contributed by atoms with Crippen LogP contribution < -0.4 is 4.74 Å². The van der Waals surface area contributed by atoms with Gasteiger partial charge in [0, 0.05) is 10.8 Å². The van der Waals surface area contributed by atoms with Gasteiger partial charge in [-0.3, -0.25) is 14.5 Å². The normalized spacial score (nSPS) is 25.5. The maximum atomic E-state index is 14.5. The van der Waals surface area contributed by atoms with Gasteiger partial charge in [0.25, 0.3) is 5.88 Å². The summed E-state index contributed by atoms with van der Waals surface area (Å²) >= 11 is 0. The summed E-state index contributed by atoms with van der Waals surface area (Å²) in [5, 5.41) is 7.76. The lowest BCUT2D eigenvalue weighted by atomic mass is 9.63. The fraction of sp³-hybridized carbons (Fsp3) is 0.500. The van der Waals surface area contributed by atoms with Crippen LogP contribution >= 0.6 is 0 Å². The van der Waals surface area contributed by atoms with Crippen LogP contribution in [0.1, 0.15) is 48.5 Å². The smallest absolute Gasteiger partial charge is 0.265 e. The Morgan fingerprint density at radius 1 is 1.22 bits per heavy atom. The molecule has 1 aromatic heterocycles. The van der Waals surface area contributed by atoms with Crippen molar-refractivity contribution in [3.8, 4) is 5.88 Å². The van der Waals surface area contributed by atoms with E-state index in [9.17, 15) is 15.1 Å². The second-order valence-electron chi connectivity index (χ2n) is 11.3. The van der Waals surface area contributed by atoms with Gasteiger partial charge in [-0.25, -0.2) is 0 Å². The maximum absolute atomic E-state index is 14.5. The van der Waals surface area contributed by atoms with Gasteiger partial charge >= 0.3 is 0 Å². The molecule has 0 saturated carbocycles. The van der Waals surface area contributed by atoms with Gasteiger partial charge in [0.15, 0.2) is 25.5 Å². The summed E-state index contributed by atoms with van der Waals surface area (Å²) in [6.45, 7) is 10.2. The summed E-state index contributed by atoms with van der Waals surface area (Å²) in [5.41, 5.74) is 8.40. The zero-order valence-corrected chi connectivity index (χ0v) is 23.3. The second-order valence-corrected chi connectivity index (χ2v) is 16.0. The number of hydrogen-bond donors (Lipinski definition) is 0. The lowest BCUT2D eigenvalue weighted by molar-refractivity contribution is -0.136. The predicted molar refractivity (Wildman–Crippen MR) is 140 cm³/mol. The molecule has 2 aliphatic carbocycles. The van der Waals surface area contributed by atoms with Crippen LogP contribution in [0.4, 0.5) is 0 Å². The summed E-state index contributed by atoms with van der Waals surface area (Å²) in [5.74, 6) is -1.65. The Bertz CT molecular complexity index is 1280. The zero-order chi connectivity index (χ0) is 27.2. The minimum Gasteiger partial charge on any atom is -0.470 e. The van der Waals surface area contributed by atoms with E-state index in [1.165, 1.54) is 12.2 Å². The molecule has 0 radical (unpaired) electrons. The number of Topliss-reactive ketones (excluding diaryl/α,β-unsaturated/α-hetero) is 1. The van der Waals surface area contributed by atoms with Crippen LogP contribution in [0.5, 0.6) is 5.88 Å². The third kappa shape index (κ3) is 4.42. The summed E-state index contributed by atoms with van der Waals surface area (Å²) in [4.78, 5) is 33.2. The van der Waals surface area contributed by atoms with Gasteiger partial charge in [0.1, 0.15) is 12.2 Å². The number of rotatable bonds is 7. The number of carbonyl (C=O) groups is 2. The van der Waals surface area contributed by atoms with Gasteiger partial charge in [-0.15, -0.1) is 0 Å². The summed E-state index contributed by atoms with van der Waals surface area (Å²) in [7, 11) is 0.899. The molecule has 2 aliphatic rings. The first-order chi connectivity index (χ1) is 17.3. The fourth-order valence-corrected chi connectivity index (χ4v) is 6.26. The lowest BCUT2D eigenvalue weighted by Gasteiger charge is -2.53. The number of aromatic nitrogens is 1. The first-order valence-corrected chi connectivity index (χ1v) is 15.1. The SMILES string of the molecule is CN(C)[C@@H]1c2onc(OCc3ccccc3)c2C(=O)[C@@]2(O[Si](C)(C)C(C)(C)C)C(=O)C=C[C@H](N=[N+]=[N-])[C@@H]12. The largest absolute Gasteiger partial charge is 0.470 e. The molecule has 0 unspecified atom stereocenters. The van der Waals surface area contributed by atoms with Crippen molar-refractivity contribution in [2.45, 2.75) is 63.2 Å². The minimum atomic E-state index is -2.72. The quantitative estimate of drug-likeness (QED) is 0.159. The Morgan fingerprint density at radius 2 is 1.89 bits per heavy atom. The van der Waals surface area contributed by atoms with Crippen LogP contribution in [0.2, 0.25) is 18.1 Å². The molecule has 0 saturated heterocycles. The second kappa shape index (κ2) is 9.57. The van der Waals surface area contributed by atoms with Crippen molar-refractivity contribution < 1.29 is 23.3 Å². The van der Waals surface area contributed by atoms with Crippen LogP contribution in [0.15, 0.2) is 52.1 Å². The van der Waals surface area contributed by atoms with E-state index in [0.29, 0.717) is 0 Å². The topological polar surface area (TPSA) is 131 Å². The number of azide groups is 1. The lowest BCUT2D eigenvalue weighted by Crippen LogP contribution is -2.68. The van der Waals surface area contributed by atoms with E-state index in [1.807, 2.05) is 83.2 Å². The minimum absolute atomic E-state index is 0.00930. The average Bonchev–Trinajstić information content (AvgIpc) is 3.24. The highest BCUT2D eigenvalue weighted by molar-refractivity contribution is 6.74. The van der Waals surface area contributed by atoms with Gasteiger partial charge in [-0.2, -0.15) is 0 Å². The highest BCUT2D eigenvalue weighted by Gasteiger charge is 2.67. The van der Waals surface area contributed by atoms with Crippen LogP contribution in [-0.2, 0) is 15.8 Å². The van der Waals surface area contributed by atoms with E-state index in [0.717, 1.165) is 5.56 Å². The van der Waals surface area contributed by atoms with Crippen molar-refractivity contribution in [2.75, 3.05) is 14.1 Å². The fourth-order valence-electron chi connectivity index (χ4n) is 4.82. The molecule has 196 valence electrons. The Hall–Kier alpha value is -3.24. The molecule has 1 aromatic carbocycles. The first-order valence-electron chi connectivity index (χ1n) is 12.2. The third-order valence-corrected chi connectivity index (χ3v) is 12.1. The van der Waals surface area contributed by atoms with E-state index < -0.39 is 43.5 Å². The number of fused-ring (bicyclic) bond motifs is 2. The maximum Gasteiger partial charge on any atom is 0.265 e. The first kappa shape index (κ1) is 26.8. The van der Waals surface area contributed by atoms with E-state index in [-0.39, 0.29) is 28.8 Å².